The minimum Gasteiger partial charge on any atom is -0.857 e. The molecule has 0 aliphatic rings. The summed E-state index contributed by atoms with van der Waals surface area (Å²) in [7, 11) is 0. The summed E-state index contributed by atoms with van der Waals surface area (Å²) in [5.74, 6) is -1.68. The normalized spacial score (nSPS) is 13.6. The molecule has 15 heteroatoms. The second kappa shape index (κ2) is 13.3. The van der Waals surface area contributed by atoms with E-state index in [0.29, 0.717) is 0 Å². The van der Waals surface area contributed by atoms with Crippen LogP contribution in [0, 0.1) is 0 Å². The van der Waals surface area contributed by atoms with Gasteiger partial charge in [0.25, 0.3) is 0 Å². The molecule has 0 aliphatic carbocycles. The Balaban J connectivity index is 0.000000602. The molecule has 0 bridgehead atoms. The van der Waals surface area contributed by atoms with E-state index in [9.17, 15) is 36.6 Å². The maximum atomic E-state index is 12.0. The van der Waals surface area contributed by atoms with Crippen LogP contribution >= 0.6 is 0 Å². The first-order chi connectivity index (χ1) is 14.8. The van der Waals surface area contributed by atoms with Gasteiger partial charge in [-0.15, -0.1) is 0 Å². The van der Waals surface area contributed by atoms with Gasteiger partial charge in [-0.1, -0.05) is 0 Å². The summed E-state index contributed by atoms with van der Waals surface area (Å²) < 4.78 is 71.9. The van der Waals surface area contributed by atoms with Gasteiger partial charge in [0.2, 0.25) is 0 Å². The van der Waals surface area contributed by atoms with E-state index in [1.807, 2.05) is 0 Å². The zero-order valence-corrected chi connectivity index (χ0v) is 17.7. The molecule has 2 aromatic heterocycles. The van der Waals surface area contributed by atoms with Crippen molar-refractivity contribution >= 4 is 23.2 Å². The van der Waals surface area contributed by atoms with E-state index in [1.54, 1.807) is 0 Å². The Morgan fingerprint density at radius 1 is 0.636 bits per heavy atom. The fourth-order valence-corrected chi connectivity index (χ4v) is 1.46. The van der Waals surface area contributed by atoms with Gasteiger partial charge in [-0.25, -0.2) is 0 Å². The molecule has 0 spiro atoms. The minimum atomic E-state index is -4.57. The SMILES string of the molecule is C/C(=N/N=C(\[O-])c1ccncc1)C(F)(F)F.C/C(=N\N=C(/[O-])c1ccncc1)C(F)(F)F.[Ni+2]. The molecule has 180 valence electrons. The van der Waals surface area contributed by atoms with Crippen molar-refractivity contribution in [3.63, 3.8) is 0 Å². The van der Waals surface area contributed by atoms with Crippen molar-refractivity contribution in [2.45, 2.75) is 26.2 Å². The fraction of sp³-hybridized carbons (Fsp3) is 0.222. The number of aromatic nitrogens is 2. The zero-order valence-electron chi connectivity index (χ0n) is 16.7. The number of rotatable bonds is 4. The molecule has 0 radical (unpaired) electrons. The molecule has 0 saturated heterocycles. The van der Waals surface area contributed by atoms with Crippen molar-refractivity contribution in [2.75, 3.05) is 0 Å². The maximum Gasteiger partial charge on any atom is 2.00 e. The molecule has 8 nitrogen and oxygen atoms in total. The predicted octanol–water partition coefficient (Wildman–Crippen LogP) is 2.25. The number of pyridine rings is 2. The van der Waals surface area contributed by atoms with Crippen molar-refractivity contribution in [1.29, 1.82) is 0 Å². The third kappa shape index (κ3) is 11.2. The molecule has 2 heterocycles. The van der Waals surface area contributed by atoms with Crippen LogP contribution in [0.3, 0.4) is 0 Å². The summed E-state index contributed by atoms with van der Waals surface area (Å²) in [5, 5.41) is 34.0. The quantitative estimate of drug-likeness (QED) is 0.202. The Kier molecular flexibility index (Phi) is 11.9. The first-order valence-electron chi connectivity index (χ1n) is 8.36. The van der Waals surface area contributed by atoms with E-state index in [2.05, 4.69) is 30.4 Å². The molecule has 33 heavy (non-hydrogen) atoms. The van der Waals surface area contributed by atoms with Gasteiger partial charge in [0.1, 0.15) is 11.4 Å². The van der Waals surface area contributed by atoms with Gasteiger partial charge in [-0.3, -0.25) is 9.97 Å². The monoisotopic (exact) mass is 518 g/mol. The van der Waals surface area contributed by atoms with Gasteiger partial charge in [-0.2, -0.15) is 46.7 Å². The summed E-state index contributed by atoms with van der Waals surface area (Å²) in [6.07, 6.45) is -3.79. The van der Waals surface area contributed by atoms with Crippen LogP contribution in [-0.4, -0.2) is 45.5 Å². The Morgan fingerprint density at radius 3 is 1.15 bits per heavy atom. The van der Waals surface area contributed by atoms with Crippen LogP contribution in [0.25, 0.3) is 0 Å². The summed E-state index contributed by atoms with van der Waals surface area (Å²) >= 11 is 0. The van der Waals surface area contributed by atoms with Crippen LogP contribution in [0.2, 0.25) is 0 Å². The van der Waals surface area contributed by atoms with Crippen LogP contribution < -0.4 is 10.2 Å². The molecule has 0 N–H and O–H groups in total. The van der Waals surface area contributed by atoms with Gasteiger partial charge in [0, 0.05) is 36.6 Å². The van der Waals surface area contributed by atoms with Crippen molar-refractivity contribution in [3.05, 3.63) is 60.2 Å². The summed E-state index contributed by atoms with van der Waals surface area (Å²) in [5.41, 5.74) is -2.08. The summed E-state index contributed by atoms with van der Waals surface area (Å²) in [4.78, 5) is 7.31. The van der Waals surface area contributed by atoms with Crippen LogP contribution in [0.1, 0.15) is 25.0 Å². The molecule has 0 unspecified atom stereocenters. The van der Waals surface area contributed by atoms with Crippen LogP contribution in [0.5, 0.6) is 0 Å². The Hall–Kier alpha value is -3.35. The minimum absolute atomic E-state index is 0. The van der Waals surface area contributed by atoms with E-state index >= 15 is 0 Å². The first-order valence-corrected chi connectivity index (χ1v) is 8.36. The predicted molar refractivity (Wildman–Crippen MR) is 99.9 cm³/mol. The van der Waals surface area contributed by atoms with Crippen molar-refractivity contribution in [3.8, 4) is 0 Å². The van der Waals surface area contributed by atoms with E-state index in [1.165, 1.54) is 49.1 Å². The second-order valence-corrected chi connectivity index (χ2v) is 5.65. The second-order valence-electron chi connectivity index (χ2n) is 5.65. The molecule has 0 atom stereocenters. The largest absolute Gasteiger partial charge is 2.00 e. The topological polar surface area (TPSA) is 121 Å². The molecule has 0 aromatic carbocycles. The number of hydrogen-bond acceptors (Lipinski definition) is 8. The summed E-state index contributed by atoms with van der Waals surface area (Å²) in [6.45, 7) is 1.48. The average Bonchev–Trinajstić information content (AvgIpc) is 2.75. The fourth-order valence-electron chi connectivity index (χ4n) is 1.46. The van der Waals surface area contributed by atoms with Gasteiger partial charge >= 0.3 is 28.8 Å². The Morgan fingerprint density at radius 2 is 0.909 bits per heavy atom. The van der Waals surface area contributed by atoms with Crippen molar-refractivity contribution < 1.29 is 53.0 Å². The molecule has 0 saturated carbocycles. The van der Waals surface area contributed by atoms with Gasteiger partial charge in [0.05, 0.1) is 0 Å². The van der Waals surface area contributed by atoms with Crippen LogP contribution in [-0.2, 0) is 16.5 Å². The third-order valence-electron chi connectivity index (χ3n) is 3.26. The molecular weight excluding hydrogens is 505 g/mol. The van der Waals surface area contributed by atoms with Crippen molar-refractivity contribution in [2.24, 2.45) is 20.4 Å². The zero-order chi connectivity index (χ0) is 24.4. The Labute approximate surface area is 193 Å². The van der Waals surface area contributed by atoms with E-state index < -0.39 is 35.6 Å². The van der Waals surface area contributed by atoms with Crippen LogP contribution in [0.15, 0.2) is 69.5 Å². The third-order valence-corrected chi connectivity index (χ3v) is 3.26. The van der Waals surface area contributed by atoms with Gasteiger partial charge in [0.15, 0.2) is 0 Å². The summed E-state index contributed by atoms with van der Waals surface area (Å²) in [6, 6.07) is 5.35. The number of nitrogens with zero attached hydrogens (tertiary/aromatic N) is 6. The first kappa shape index (κ1) is 29.7. The molecular formula is C18H14F6N6NiO2. The van der Waals surface area contributed by atoms with E-state index in [0.717, 1.165) is 13.8 Å². The van der Waals surface area contributed by atoms with Gasteiger partial charge < -0.3 is 10.2 Å². The number of alkyl halides is 6. The standard InChI is InChI=1S/2C9H8F3N3O.Ni/c2*1-6(9(10,11)12)14-15-8(16)7-2-4-13-5-3-7;/h2*2-5H,1H3,(H,15,16);/q;;+2/p-2/b14-6+;14-6-;. The van der Waals surface area contributed by atoms with Gasteiger partial charge in [-0.05, 0) is 49.2 Å². The Bertz CT molecular complexity index is 911. The van der Waals surface area contributed by atoms with Crippen LogP contribution in [0.4, 0.5) is 26.3 Å². The maximum absolute atomic E-state index is 12.0. The smallest absolute Gasteiger partial charge is 0.857 e. The molecule has 0 aliphatic heterocycles. The van der Waals surface area contributed by atoms with Crippen molar-refractivity contribution in [1.82, 2.24) is 9.97 Å². The molecule has 0 fully saturated rings. The molecule has 2 aromatic rings. The number of halogens is 6. The average molecular weight is 519 g/mol. The number of hydrogen-bond donors (Lipinski definition) is 0. The van der Waals surface area contributed by atoms with E-state index in [4.69, 9.17) is 0 Å². The van der Waals surface area contributed by atoms with E-state index in [-0.39, 0.29) is 27.6 Å². The molecule has 0 amide bonds. The molecule has 2 rings (SSSR count).